The Bertz CT molecular complexity index is 1090. The summed E-state index contributed by atoms with van der Waals surface area (Å²) < 4.78 is 84.8. The van der Waals surface area contributed by atoms with Gasteiger partial charge in [0.1, 0.15) is 11.5 Å². The SMILES string of the molecule is CCN(CC)S(=O)(=O)c1cccc(C(=O)N/N=C/c2ccc(OC(F)F)cc2OC(F)F)c1. The van der Waals surface area contributed by atoms with Gasteiger partial charge < -0.3 is 9.47 Å². The lowest BCUT2D eigenvalue weighted by Gasteiger charge is -2.18. The average molecular weight is 491 g/mol. The van der Waals surface area contributed by atoms with Crippen LogP contribution in [-0.4, -0.2) is 51.2 Å². The first-order chi connectivity index (χ1) is 15.6. The van der Waals surface area contributed by atoms with Gasteiger partial charge in [0.15, 0.2) is 0 Å². The van der Waals surface area contributed by atoms with Crippen molar-refractivity contribution >= 4 is 22.1 Å². The molecule has 2 aromatic carbocycles. The Labute approximate surface area is 187 Å². The monoisotopic (exact) mass is 491 g/mol. The van der Waals surface area contributed by atoms with Gasteiger partial charge in [-0.25, -0.2) is 13.8 Å². The molecule has 0 aromatic heterocycles. The summed E-state index contributed by atoms with van der Waals surface area (Å²) in [5.74, 6) is -1.68. The third kappa shape index (κ3) is 7.15. The fourth-order valence-electron chi connectivity index (χ4n) is 2.73. The Kier molecular flexibility index (Phi) is 9.17. The number of carbonyl (C=O) groups is 1. The van der Waals surface area contributed by atoms with Gasteiger partial charge in [0.25, 0.3) is 5.91 Å². The van der Waals surface area contributed by atoms with Crippen LogP contribution in [-0.2, 0) is 10.0 Å². The number of nitrogens with one attached hydrogen (secondary N) is 1. The zero-order valence-corrected chi connectivity index (χ0v) is 18.4. The topological polar surface area (TPSA) is 97.3 Å². The maximum atomic E-state index is 12.6. The lowest BCUT2D eigenvalue weighted by Crippen LogP contribution is -2.30. The average Bonchev–Trinajstić information content (AvgIpc) is 2.75. The van der Waals surface area contributed by atoms with Crippen LogP contribution in [0, 0.1) is 0 Å². The van der Waals surface area contributed by atoms with E-state index >= 15 is 0 Å². The molecule has 0 spiro atoms. The number of sulfonamides is 1. The number of hydrogen-bond acceptors (Lipinski definition) is 6. The van der Waals surface area contributed by atoms with Crippen molar-refractivity contribution in [2.24, 2.45) is 5.10 Å². The predicted molar refractivity (Wildman–Crippen MR) is 111 cm³/mol. The highest BCUT2D eigenvalue weighted by Crippen LogP contribution is 2.26. The molecule has 2 aromatic rings. The van der Waals surface area contributed by atoms with Crippen molar-refractivity contribution in [2.75, 3.05) is 13.1 Å². The molecule has 0 heterocycles. The van der Waals surface area contributed by atoms with Crippen LogP contribution in [0.15, 0.2) is 52.5 Å². The molecule has 2 rings (SSSR count). The second-order valence-electron chi connectivity index (χ2n) is 6.27. The maximum Gasteiger partial charge on any atom is 0.387 e. The summed E-state index contributed by atoms with van der Waals surface area (Å²) in [7, 11) is -3.79. The Morgan fingerprint density at radius 3 is 2.33 bits per heavy atom. The summed E-state index contributed by atoms with van der Waals surface area (Å²) in [6.45, 7) is -2.53. The van der Waals surface area contributed by atoms with Gasteiger partial charge in [-0.1, -0.05) is 19.9 Å². The van der Waals surface area contributed by atoms with Crippen molar-refractivity contribution in [3.8, 4) is 11.5 Å². The lowest BCUT2D eigenvalue weighted by atomic mass is 10.2. The van der Waals surface area contributed by atoms with Crippen molar-refractivity contribution in [3.63, 3.8) is 0 Å². The zero-order valence-electron chi connectivity index (χ0n) is 17.5. The van der Waals surface area contributed by atoms with Gasteiger partial charge in [-0.2, -0.15) is 27.0 Å². The van der Waals surface area contributed by atoms with E-state index in [0.717, 1.165) is 24.4 Å². The largest absolute Gasteiger partial charge is 0.435 e. The van der Waals surface area contributed by atoms with Crippen LogP contribution in [0.25, 0.3) is 0 Å². The number of hydrogen-bond donors (Lipinski definition) is 1. The third-order valence-electron chi connectivity index (χ3n) is 4.24. The Morgan fingerprint density at radius 2 is 1.73 bits per heavy atom. The minimum Gasteiger partial charge on any atom is -0.435 e. The van der Waals surface area contributed by atoms with Crippen LogP contribution >= 0.6 is 0 Å². The molecule has 33 heavy (non-hydrogen) atoms. The number of alkyl halides is 4. The Morgan fingerprint density at radius 1 is 1.06 bits per heavy atom. The summed E-state index contributed by atoms with van der Waals surface area (Å²) in [4.78, 5) is 12.3. The van der Waals surface area contributed by atoms with Crippen molar-refractivity contribution < 1.29 is 40.2 Å². The fourth-order valence-corrected chi connectivity index (χ4v) is 4.24. The van der Waals surface area contributed by atoms with Gasteiger partial charge in [-0.15, -0.1) is 0 Å². The van der Waals surface area contributed by atoms with Gasteiger partial charge in [0, 0.05) is 30.3 Å². The Balaban J connectivity index is 2.20. The van der Waals surface area contributed by atoms with Gasteiger partial charge in [-0.3, -0.25) is 4.79 Å². The number of hydrazone groups is 1. The van der Waals surface area contributed by atoms with E-state index in [1.54, 1.807) is 13.8 Å². The highest BCUT2D eigenvalue weighted by Gasteiger charge is 2.22. The maximum absolute atomic E-state index is 12.6. The first-order valence-corrected chi connectivity index (χ1v) is 11.0. The second-order valence-corrected chi connectivity index (χ2v) is 8.21. The first kappa shape index (κ1) is 26.1. The van der Waals surface area contributed by atoms with Crippen LogP contribution in [0.1, 0.15) is 29.8 Å². The minimum absolute atomic E-state index is 0.00915. The van der Waals surface area contributed by atoms with Crippen LogP contribution < -0.4 is 14.9 Å². The van der Waals surface area contributed by atoms with E-state index in [2.05, 4.69) is 20.0 Å². The van der Waals surface area contributed by atoms with E-state index in [1.165, 1.54) is 28.6 Å². The fraction of sp³-hybridized carbons (Fsp3) is 0.300. The number of halogens is 4. The molecule has 0 aliphatic heterocycles. The molecule has 1 amide bonds. The predicted octanol–water partition coefficient (Wildman–Crippen LogP) is 3.68. The van der Waals surface area contributed by atoms with Crippen LogP contribution in [0.5, 0.6) is 11.5 Å². The molecule has 8 nitrogen and oxygen atoms in total. The highest BCUT2D eigenvalue weighted by atomic mass is 32.2. The molecule has 0 saturated heterocycles. The summed E-state index contributed by atoms with van der Waals surface area (Å²) in [5, 5.41) is 3.64. The van der Waals surface area contributed by atoms with Gasteiger partial charge >= 0.3 is 13.2 Å². The molecule has 0 atom stereocenters. The van der Waals surface area contributed by atoms with Crippen LogP contribution in [0.2, 0.25) is 0 Å². The molecule has 0 unspecified atom stereocenters. The van der Waals surface area contributed by atoms with E-state index in [0.29, 0.717) is 0 Å². The van der Waals surface area contributed by atoms with Gasteiger partial charge in [0.2, 0.25) is 10.0 Å². The number of benzene rings is 2. The molecule has 0 saturated carbocycles. The molecule has 0 fully saturated rings. The summed E-state index contributed by atoms with van der Waals surface area (Å²) in [6, 6.07) is 8.32. The van der Waals surface area contributed by atoms with Crippen LogP contribution in [0.4, 0.5) is 17.6 Å². The van der Waals surface area contributed by atoms with E-state index in [1.807, 2.05) is 0 Å². The molecule has 0 aliphatic rings. The van der Waals surface area contributed by atoms with Gasteiger partial charge in [0.05, 0.1) is 11.1 Å². The number of rotatable bonds is 11. The van der Waals surface area contributed by atoms with Crippen molar-refractivity contribution in [3.05, 3.63) is 53.6 Å². The highest BCUT2D eigenvalue weighted by molar-refractivity contribution is 7.89. The minimum atomic E-state index is -3.79. The number of nitrogens with zero attached hydrogens (tertiary/aromatic N) is 2. The van der Waals surface area contributed by atoms with E-state index < -0.39 is 40.7 Å². The Hall–Kier alpha value is -3.19. The molecule has 0 bridgehead atoms. The van der Waals surface area contributed by atoms with Crippen molar-refractivity contribution in [1.82, 2.24) is 9.73 Å². The summed E-state index contributed by atoms with van der Waals surface area (Å²) in [6.07, 6.45) is 0.957. The van der Waals surface area contributed by atoms with E-state index in [9.17, 15) is 30.8 Å². The van der Waals surface area contributed by atoms with Crippen LogP contribution in [0.3, 0.4) is 0 Å². The number of carbonyl (C=O) groups excluding carboxylic acids is 1. The zero-order chi connectivity index (χ0) is 24.6. The van der Waals surface area contributed by atoms with E-state index in [-0.39, 0.29) is 29.1 Å². The van der Waals surface area contributed by atoms with Crippen molar-refractivity contribution in [1.29, 1.82) is 0 Å². The molecular weight excluding hydrogens is 470 g/mol. The van der Waals surface area contributed by atoms with E-state index in [4.69, 9.17) is 0 Å². The third-order valence-corrected chi connectivity index (χ3v) is 6.28. The van der Waals surface area contributed by atoms with Crippen molar-refractivity contribution in [2.45, 2.75) is 32.0 Å². The quantitative estimate of drug-likeness (QED) is 0.294. The summed E-state index contributed by atoms with van der Waals surface area (Å²) >= 11 is 0. The first-order valence-electron chi connectivity index (χ1n) is 9.55. The molecule has 1 N–H and O–H groups in total. The molecule has 0 radical (unpaired) electrons. The molecule has 0 aliphatic carbocycles. The van der Waals surface area contributed by atoms with Gasteiger partial charge in [-0.05, 0) is 30.3 Å². The lowest BCUT2D eigenvalue weighted by molar-refractivity contribution is -0.0543. The second kappa shape index (κ2) is 11.6. The number of amides is 1. The normalized spacial score (nSPS) is 12.0. The number of ether oxygens (including phenoxy) is 2. The molecule has 180 valence electrons. The molecular formula is C20H21F4N3O5S. The molecule has 13 heteroatoms. The smallest absolute Gasteiger partial charge is 0.387 e. The summed E-state index contributed by atoms with van der Waals surface area (Å²) in [5.41, 5.74) is 2.07. The standard InChI is InChI=1S/C20H21F4N3O5S/c1-3-27(4-2)33(29,30)16-7-5-6-13(10-16)18(28)26-25-12-14-8-9-15(31-19(21)22)11-17(14)32-20(23)24/h5-12,19-20H,3-4H2,1-2H3,(H,26,28)/b25-12+.